The van der Waals surface area contributed by atoms with Crippen molar-refractivity contribution in [3.8, 4) is 28.4 Å². The topological polar surface area (TPSA) is 82.8 Å². The highest BCUT2D eigenvalue weighted by molar-refractivity contribution is 6.18. The molecule has 0 saturated carbocycles. The van der Waals surface area contributed by atoms with Crippen molar-refractivity contribution in [2.75, 3.05) is 39.1 Å². The Hall–Kier alpha value is -2.44. The molecule has 0 aromatic heterocycles. The van der Waals surface area contributed by atoms with Crippen molar-refractivity contribution in [2.45, 2.75) is 18.9 Å². The summed E-state index contributed by atoms with van der Waals surface area (Å²) in [5, 5.41) is 3.07. The molecule has 0 radical (unpaired) electrons. The minimum absolute atomic E-state index is 0.121. The molecule has 1 atom stereocenters. The molecule has 0 bridgehead atoms. The fourth-order valence-electron chi connectivity index (χ4n) is 3.67. The quantitative estimate of drug-likeness (QED) is 0.718. The maximum atomic E-state index is 12.7. The second-order valence-electron chi connectivity index (χ2n) is 6.56. The predicted octanol–water partition coefficient (Wildman–Crippen LogP) is 3.34. The van der Waals surface area contributed by atoms with Gasteiger partial charge in [0.25, 0.3) is 0 Å². The Labute approximate surface area is 169 Å². The number of anilines is 1. The van der Waals surface area contributed by atoms with Gasteiger partial charge >= 0.3 is 0 Å². The third-order valence-electron chi connectivity index (χ3n) is 4.99. The summed E-state index contributed by atoms with van der Waals surface area (Å²) in [7, 11) is 4.77. The first-order valence-corrected chi connectivity index (χ1v) is 9.65. The van der Waals surface area contributed by atoms with E-state index in [9.17, 15) is 4.79 Å². The molecule has 3 rings (SSSR count). The first kappa shape index (κ1) is 20.3. The molecule has 0 saturated heterocycles. The molecule has 1 aliphatic rings. The van der Waals surface area contributed by atoms with Crippen LogP contribution in [0.2, 0.25) is 0 Å². The third kappa shape index (κ3) is 3.62. The van der Waals surface area contributed by atoms with E-state index < -0.39 is 0 Å². The van der Waals surface area contributed by atoms with Crippen LogP contribution in [0.3, 0.4) is 0 Å². The summed E-state index contributed by atoms with van der Waals surface area (Å²) in [6, 6.07) is 6.97. The number of hydrogen-bond acceptors (Lipinski definition) is 6. The van der Waals surface area contributed by atoms with Gasteiger partial charge in [-0.1, -0.05) is 6.07 Å². The Bertz CT molecular complexity index is 933. The molecule has 0 fully saturated rings. The van der Waals surface area contributed by atoms with E-state index in [1.54, 1.807) is 33.5 Å². The van der Waals surface area contributed by atoms with Gasteiger partial charge in [-0.15, -0.1) is 11.6 Å². The molecule has 0 aliphatic heterocycles. The summed E-state index contributed by atoms with van der Waals surface area (Å²) in [5.41, 5.74) is 10.4. The largest absolute Gasteiger partial charge is 0.493 e. The maximum absolute atomic E-state index is 12.7. The van der Waals surface area contributed by atoms with Crippen LogP contribution in [0.25, 0.3) is 11.1 Å². The zero-order valence-electron chi connectivity index (χ0n) is 16.3. The highest BCUT2D eigenvalue weighted by atomic mass is 35.5. The van der Waals surface area contributed by atoms with Gasteiger partial charge in [-0.3, -0.25) is 4.79 Å². The van der Waals surface area contributed by atoms with Crippen LogP contribution in [-0.4, -0.2) is 33.8 Å². The van der Waals surface area contributed by atoms with Crippen LogP contribution >= 0.6 is 11.6 Å². The third-order valence-corrected chi connectivity index (χ3v) is 5.18. The summed E-state index contributed by atoms with van der Waals surface area (Å²) >= 11 is 5.75. The molecular weight excluding hydrogens is 380 g/mol. The minimum Gasteiger partial charge on any atom is -0.493 e. The zero-order chi connectivity index (χ0) is 20.3. The van der Waals surface area contributed by atoms with Crippen LogP contribution in [0.5, 0.6) is 17.2 Å². The highest BCUT2D eigenvalue weighted by Crippen LogP contribution is 2.49. The fraction of sp³-hybridized carbons (Fsp3) is 0.381. The molecule has 28 heavy (non-hydrogen) atoms. The summed E-state index contributed by atoms with van der Waals surface area (Å²) in [4.78, 5) is 12.7. The molecule has 1 unspecified atom stereocenters. The van der Waals surface area contributed by atoms with E-state index in [0.717, 1.165) is 28.7 Å². The van der Waals surface area contributed by atoms with E-state index >= 15 is 0 Å². The second-order valence-corrected chi connectivity index (χ2v) is 6.94. The van der Waals surface area contributed by atoms with E-state index in [4.69, 9.17) is 31.5 Å². The molecule has 2 aromatic carbocycles. The van der Waals surface area contributed by atoms with Crippen molar-refractivity contribution in [1.29, 1.82) is 0 Å². The van der Waals surface area contributed by atoms with Crippen molar-refractivity contribution < 1.29 is 14.2 Å². The Balaban J connectivity index is 2.34. The summed E-state index contributed by atoms with van der Waals surface area (Å²) < 4.78 is 16.8. The number of ether oxygens (including phenoxy) is 3. The number of halogens is 1. The van der Waals surface area contributed by atoms with Crippen molar-refractivity contribution in [3.63, 3.8) is 0 Å². The number of nitrogens with one attached hydrogen (secondary N) is 1. The maximum Gasteiger partial charge on any atom is 0.203 e. The van der Waals surface area contributed by atoms with Crippen LogP contribution < -0.4 is 30.7 Å². The number of aryl methyl sites for hydroxylation is 1. The molecule has 2 aromatic rings. The molecule has 6 nitrogen and oxygen atoms in total. The molecular formula is C21H25ClN2O4. The lowest BCUT2D eigenvalue weighted by Crippen LogP contribution is -2.14. The highest BCUT2D eigenvalue weighted by Gasteiger charge is 2.27. The average molecular weight is 405 g/mol. The van der Waals surface area contributed by atoms with Crippen molar-refractivity contribution in [1.82, 2.24) is 0 Å². The SMILES string of the molecule is COc1cc2c(c(OC)c1OC)-c1ccc(NCCCl)c(=O)cc1C(N)CC2. The van der Waals surface area contributed by atoms with Crippen LogP contribution in [0.15, 0.2) is 29.1 Å². The molecule has 1 aliphatic carbocycles. The number of nitrogens with two attached hydrogens (primary N) is 1. The van der Waals surface area contributed by atoms with E-state index in [1.165, 1.54) is 0 Å². The van der Waals surface area contributed by atoms with Crippen molar-refractivity contribution in [3.05, 3.63) is 45.6 Å². The van der Waals surface area contributed by atoms with Crippen molar-refractivity contribution in [2.24, 2.45) is 5.73 Å². The number of methoxy groups -OCH3 is 3. The minimum atomic E-state index is -0.273. The van der Waals surface area contributed by atoms with Crippen molar-refractivity contribution >= 4 is 17.3 Å². The van der Waals surface area contributed by atoms with Gasteiger partial charge in [-0.2, -0.15) is 0 Å². The number of benzene rings is 1. The molecule has 150 valence electrons. The summed E-state index contributed by atoms with van der Waals surface area (Å²) in [6.45, 7) is 0.502. The fourth-order valence-corrected chi connectivity index (χ4v) is 3.76. The predicted molar refractivity (Wildman–Crippen MR) is 112 cm³/mol. The second kappa shape index (κ2) is 8.71. The number of fused-ring (bicyclic) bond motifs is 3. The Morgan fingerprint density at radius 2 is 1.89 bits per heavy atom. The van der Waals surface area contributed by atoms with E-state index in [0.29, 0.717) is 41.8 Å². The lowest BCUT2D eigenvalue weighted by atomic mass is 9.95. The standard InChI is InChI=1S/C21H25ClN2O4/c1-26-18-10-12-4-6-15(23)14-11-17(25)16(24-9-8-22)7-5-13(14)19(12)21(28-3)20(18)27-2/h5,7,10-11,15H,4,6,8-9,23H2,1-3H3,(H,24,25). The van der Waals surface area contributed by atoms with Crippen LogP contribution in [-0.2, 0) is 6.42 Å². The van der Waals surface area contributed by atoms with Gasteiger partial charge in [0.1, 0.15) is 0 Å². The van der Waals surface area contributed by atoms with E-state index in [-0.39, 0.29) is 11.5 Å². The summed E-state index contributed by atoms with van der Waals surface area (Å²) in [5.74, 6) is 2.09. The molecule has 3 N–H and O–H groups in total. The van der Waals surface area contributed by atoms with Gasteiger partial charge in [0.15, 0.2) is 11.5 Å². The summed E-state index contributed by atoms with van der Waals surface area (Å²) in [6.07, 6.45) is 1.43. The Morgan fingerprint density at radius 3 is 2.54 bits per heavy atom. The van der Waals surface area contributed by atoms with Gasteiger partial charge in [0, 0.05) is 24.0 Å². The number of alkyl halides is 1. The molecule has 0 amide bonds. The van der Waals surface area contributed by atoms with Crippen LogP contribution in [0.1, 0.15) is 23.6 Å². The van der Waals surface area contributed by atoms with E-state index in [2.05, 4.69) is 5.32 Å². The molecule has 0 spiro atoms. The van der Waals surface area contributed by atoms with Gasteiger partial charge in [0.2, 0.25) is 11.2 Å². The monoisotopic (exact) mass is 404 g/mol. The van der Waals surface area contributed by atoms with Crippen LogP contribution in [0.4, 0.5) is 5.69 Å². The number of rotatable bonds is 6. The molecule has 7 heteroatoms. The molecule has 0 heterocycles. The Morgan fingerprint density at radius 1 is 1.14 bits per heavy atom. The number of hydrogen-bond donors (Lipinski definition) is 2. The average Bonchev–Trinajstić information content (AvgIpc) is 2.94. The van der Waals surface area contributed by atoms with Gasteiger partial charge in [-0.25, -0.2) is 0 Å². The van der Waals surface area contributed by atoms with Gasteiger partial charge < -0.3 is 25.3 Å². The van der Waals surface area contributed by atoms with E-state index in [1.807, 2.05) is 12.1 Å². The van der Waals surface area contributed by atoms with Crippen LogP contribution in [0, 0.1) is 0 Å². The first-order valence-electron chi connectivity index (χ1n) is 9.11. The lowest BCUT2D eigenvalue weighted by Gasteiger charge is -2.19. The smallest absolute Gasteiger partial charge is 0.203 e. The zero-order valence-corrected chi connectivity index (χ0v) is 17.1. The normalized spacial score (nSPS) is 15.1. The lowest BCUT2D eigenvalue weighted by molar-refractivity contribution is 0.324. The van der Waals surface area contributed by atoms with Gasteiger partial charge in [0.05, 0.1) is 27.0 Å². The first-order chi connectivity index (χ1) is 13.5. The Kier molecular flexibility index (Phi) is 6.31. The van der Waals surface area contributed by atoms with Gasteiger partial charge in [-0.05, 0) is 47.7 Å².